The first-order chi connectivity index (χ1) is 8.56. The predicted octanol–water partition coefficient (Wildman–Crippen LogP) is 2.68. The second-order valence-corrected chi connectivity index (χ2v) is 5.41. The van der Waals surface area contributed by atoms with Crippen molar-refractivity contribution in [1.29, 1.82) is 0 Å². The molecule has 1 saturated heterocycles. The van der Waals surface area contributed by atoms with Crippen LogP contribution in [0.4, 0.5) is 0 Å². The fourth-order valence-electron chi connectivity index (χ4n) is 2.68. The van der Waals surface area contributed by atoms with Gasteiger partial charge < -0.3 is 10.0 Å². The van der Waals surface area contributed by atoms with E-state index in [1.165, 1.54) is 18.5 Å². The van der Waals surface area contributed by atoms with E-state index in [0.717, 1.165) is 12.1 Å². The van der Waals surface area contributed by atoms with Gasteiger partial charge in [-0.2, -0.15) is 0 Å². The lowest BCUT2D eigenvalue weighted by atomic mass is 9.93. The number of nitrogens with zero attached hydrogens (tertiary/aromatic N) is 1. The number of likely N-dealkylation sites (N-methyl/N-ethyl adjacent to an activating group) is 1. The van der Waals surface area contributed by atoms with Gasteiger partial charge in [0.15, 0.2) is 0 Å². The van der Waals surface area contributed by atoms with E-state index in [4.69, 9.17) is 5.11 Å². The van der Waals surface area contributed by atoms with E-state index in [0.29, 0.717) is 5.92 Å². The van der Waals surface area contributed by atoms with Gasteiger partial charge in [-0.25, -0.2) is 0 Å². The number of likely N-dealkylation sites (tertiary alicyclic amines) is 1. The molecule has 98 valence electrons. The predicted molar refractivity (Wildman–Crippen MR) is 72.0 cm³/mol. The molecule has 0 saturated carbocycles. The second-order valence-electron chi connectivity index (χ2n) is 5.41. The summed E-state index contributed by atoms with van der Waals surface area (Å²) in [4.78, 5) is 13.0. The smallest absolute Gasteiger partial charge is 0.303 e. The van der Waals surface area contributed by atoms with Crippen LogP contribution >= 0.6 is 0 Å². The zero-order valence-corrected chi connectivity index (χ0v) is 11.1. The normalized spacial score (nSPS) is 22.0. The largest absolute Gasteiger partial charge is 0.481 e. The molecule has 1 aromatic carbocycles. The van der Waals surface area contributed by atoms with Gasteiger partial charge in [-0.3, -0.25) is 4.79 Å². The van der Waals surface area contributed by atoms with E-state index >= 15 is 0 Å². The summed E-state index contributed by atoms with van der Waals surface area (Å²) in [5, 5.41) is 8.80. The van der Waals surface area contributed by atoms with Gasteiger partial charge in [-0.05, 0) is 43.0 Å². The molecule has 2 rings (SSSR count). The van der Waals surface area contributed by atoms with Gasteiger partial charge in [-0.1, -0.05) is 31.2 Å². The zero-order valence-electron chi connectivity index (χ0n) is 11.1. The lowest BCUT2D eigenvalue weighted by Crippen LogP contribution is -2.13. The number of hydrogen-bond donors (Lipinski definition) is 1. The Labute approximate surface area is 108 Å². The number of rotatable bonds is 4. The monoisotopic (exact) mass is 247 g/mol. The van der Waals surface area contributed by atoms with Crippen molar-refractivity contribution in [2.45, 2.75) is 31.6 Å². The molecule has 3 heteroatoms. The Hall–Kier alpha value is -1.35. The van der Waals surface area contributed by atoms with E-state index in [1.54, 1.807) is 0 Å². The Morgan fingerprint density at radius 1 is 1.44 bits per heavy atom. The molecule has 1 aliphatic heterocycles. The third kappa shape index (κ3) is 3.10. The van der Waals surface area contributed by atoms with Gasteiger partial charge >= 0.3 is 5.97 Å². The second kappa shape index (κ2) is 5.53. The molecule has 0 amide bonds. The summed E-state index contributed by atoms with van der Waals surface area (Å²) in [6.45, 7) is 4.26. The molecule has 1 N–H and O–H groups in total. The van der Waals surface area contributed by atoms with Crippen molar-refractivity contribution in [3.8, 4) is 0 Å². The van der Waals surface area contributed by atoms with Crippen LogP contribution in [0.5, 0.6) is 0 Å². The highest BCUT2D eigenvalue weighted by atomic mass is 16.4. The minimum Gasteiger partial charge on any atom is -0.481 e. The van der Waals surface area contributed by atoms with E-state index in [9.17, 15) is 4.79 Å². The zero-order chi connectivity index (χ0) is 13.1. The average Bonchev–Trinajstić information content (AvgIpc) is 2.75. The number of carbonyl (C=O) groups is 1. The lowest BCUT2D eigenvalue weighted by molar-refractivity contribution is -0.137. The summed E-state index contributed by atoms with van der Waals surface area (Å²) < 4.78 is 0. The van der Waals surface area contributed by atoms with Crippen molar-refractivity contribution in [2.75, 3.05) is 20.1 Å². The van der Waals surface area contributed by atoms with Crippen LogP contribution in [0.1, 0.15) is 42.7 Å². The minimum atomic E-state index is -0.732. The fourth-order valence-corrected chi connectivity index (χ4v) is 2.68. The highest BCUT2D eigenvalue weighted by Gasteiger charge is 2.21. The molecule has 0 aromatic heterocycles. The molecular formula is C15H21NO2. The van der Waals surface area contributed by atoms with Crippen molar-refractivity contribution in [3.05, 3.63) is 35.4 Å². The summed E-state index contributed by atoms with van der Waals surface area (Å²) in [6.07, 6.45) is 1.42. The number of benzene rings is 1. The molecule has 2 atom stereocenters. The highest BCUT2D eigenvalue weighted by Crippen LogP contribution is 2.28. The van der Waals surface area contributed by atoms with Crippen LogP contribution in [0.2, 0.25) is 0 Å². The number of hydrogen-bond acceptors (Lipinski definition) is 2. The molecular weight excluding hydrogens is 226 g/mol. The summed E-state index contributed by atoms with van der Waals surface area (Å²) >= 11 is 0. The van der Waals surface area contributed by atoms with Crippen LogP contribution in [0.3, 0.4) is 0 Å². The molecule has 1 aromatic rings. The number of carboxylic acid groups (broad SMARTS) is 1. The summed E-state index contributed by atoms with van der Waals surface area (Å²) in [7, 11) is 2.16. The number of carboxylic acids is 1. The van der Waals surface area contributed by atoms with Crippen LogP contribution in [-0.2, 0) is 4.79 Å². The minimum absolute atomic E-state index is 0.0859. The van der Waals surface area contributed by atoms with Crippen LogP contribution in [-0.4, -0.2) is 36.1 Å². The topological polar surface area (TPSA) is 40.5 Å². The third-order valence-electron chi connectivity index (χ3n) is 3.85. The van der Waals surface area contributed by atoms with E-state index in [2.05, 4.69) is 36.2 Å². The van der Waals surface area contributed by atoms with Crippen LogP contribution in [0, 0.1) is 0 Å². The molecule has 1 aliphatic rings. The van der Waals surface area contributed by atoms with E-state index in [1.807, 2.05) is 6.92 Å². The van der Waals surface area contributed by atoms with E-state index < -0.39 is 5.97 Å². The van der Waals surface area contributed by atoms with Crippen molar-refractivity contribution in [1.82, 2.24) is 4.90 Å². The van der Waals surface area contributed by atoms with Crippen LogP contribution in [0.15, 0.2) is 24.3 Å². The maximum atomic E-state index is 10.7. The molecule has 0 spiro atoms. The van der Waals surface area contributed by atoms with Gasteiger partial charge in [0.25, 0.3) is 0 Å². The van der Waals surface area contributed by atoms with Crippen molar-refractivity contribution >= 4 is 5.97 Å². The fraction of sp³-hybridized carbons (Fsp3) is 0.533. The van der Waals surface area contributed by atoms with Gasteiger partial charge in [0, 0.05) is 6.54 Å². The van der Waals surface area contributed by atoms with Crippen LogP contribution in [0.25, 0.3) is 0 Å². The Kier molecular flexibility index (Phi) is 4.02. The highest BCUT2D eigenvalue weighted by molar-refractivity contribution is 5.67. The Morgan fingerprint density at radius 3 is 2.61 bits per heavy atom. The molecule has 18 heavy (non-hydrogen) atoms. The molecule has 3 nitrogen and oxygen atoms in total. The maximum absolute atomic E-state index is 10.7. The summed E-state index contributed by atoms with van der Waals surface area (Å²) in [5.41, 5.74) is 2.50. The first-order valence-electron chi connectivity index (χ1n) is 6.56. The lowest BCUT2D eigenvalue weighted by Gasteiger charge is -2.13. The van der Waals surface area contributed by atoms with Gasteiger partial charge in [0.2, 0.25) is 0 Å². The molecule has 1 heterocycles. The van der Waals surface area contributed by atoms with Gasteiger partial charge in [0.1, 0.15) is 0 Å². The molecule has 0 radical (unpaired) electrons. The average molecular weight is 247 g/mol. The summed E-state index contributed by atoms with van der Waals surface area (Å²) in [6, 6.07) is 8.50. The van der Waals surface area contributed by atoms with Crippen molar-refractivity contribution in [2.24, 2.45) is 0 Å². The maximum Gasteiger partial charge on any atom is 0.303 e. The first kappa shape index (κ1) is 13.1. The van der Waals surface area contributed by atoms with Crippen molar-refractivity contribution in [3.63, 3.8) is 0 Å². The molecule has 1 fully saturated rings. The third-order valence-corrected chi connectivity index (χ3v) is 3.85. The molecule has 0 bridgehead atoms. The quantitative estimate of drug-likeness (QED) is 0.889. The SMILES string of the molecule is CC(CC(=O)O)c1ccc(C2CCN(C)C2)cc1. The Morgan fingerprint density at radius 2 is 2.11 bits per heavy atom. The Balaban J connectivity index is 2.03. The van der Waals surface area contributed by atoms with Gasteiger partial charge in [-0.15, -0.1) is 0 Å². The van der Waals surface area contributed by atoms with Crippen molar-refractivity contribution < 1.29 is 9.90 Å². The first-order valence-corrected chi connectivity index (χ1v) is 6.56. The summed E-state index contributed by atoms with van der Waals surface area (Å²) in [5.74, 6) is -0.00868. The van der Waals surface area contributed by atoms with Gasteiger partial charge in [0.05, 0.1) is 6.42 Å². The van der Waals surface area contributed by atoms with E-state index in [-0.39, 0.29) is 12.3 Å². The standard InChI is InChI=1S/C15H21NO2/c1-11(9-15(17)18)12-3-5-13(6-4-12)14-7-8-16(2)10-14/h3-6,11,14H,7-10H2,1-2H3,(H,17,18). The Bertz CT molecular complexity index is 413. The molecule has 2 unspecified atom stereocenters. The van der Waals surface area contributed by atoms with Crippen LogP contribution < -0.4 is 0 Å². The molecule has 0 aliphatic carbocycles. The number of aliphatic carboxylic acids is 1.